The lowest BCUT2D eigenvalue weighted by atomic mass is 9.81. The smallest absolute Gasteiger partial charge is 0.130 e. The first kappa shape index (κ1) is 18.5. The summed E-state index contributed by atoms with van der Waals surface area (Å²) in [5.74, 6) is 2.06. The Morgan fingerprint density at radius 3 is 2.25 bits per heavy atom. The zero-order valence-corrected chi connectivity index (χ0v) is 15.8. The van der Waals surface area contributed by atoms with Gasteiger partial charge in [-0.2, -0.15) is 0 Å². The molecule has 4 atom stereocenters. The molecule has 1 aromatic heterocycles. The van der Waals surface area contributed by atoms with Crippen molar-refractivity contribution in [1.82, 2.24) is 9.88 Å². The van der Waals surface area contributed by atoms with Crippen molar-refractivity contribution in [1.29, 1.82) is 0 Å². The van der Waals surface area contributed by atoms with Gasteiger partial charge in [-0.15, -0.1) is 0 Å². The number of hydrogen-bond acceptors (Lipinski definition) is 3. The van der Waals surface area contributed by atoms with Crippen LogP contribution in [0.25, 0.3) is 0 Å². The molecule has 0 amide bonds. The predicted octanol–water partition coefficient (Wildman–Crippen LogP) is 5.09. The van der Waals surface area contributed by atoms with Crippen LogP contribution in [0.2, 0.25) is 0 Å². The molecule has 0 aliphatic carbocycles. The van der Waals surface area contributed by atoms with Gasteiger partial charge in [0.2, 0.25) is 0 Å². The predicted molar refractivity (Wildman–Crippen MR) is 103 cm³/mol. The van der Waals surface area contributed by atoms with Crippen LogP contribution in [-0.4, -0.2) is 29.1 Å². The minimum Gasteiger partial charge on any atom is -0.354 e. The lowest BCUT2D eigenvalue weighted by Crippen LogP contribution is -2.35. The molecule has 24 heavy (non-hydrogen) atoms. The topological polar surface area (TPSA) is 28.2 Å². The molecule has 0 radical (unpaired) electrons. The van der Waals surface area contributed by atoms with Gasteiger partial charge in [0.1, 0.15) is 5.82 Å². The quantitative estimate of drug-likeness (QED) is 0.792. The monoisotopic (exact) mass is 325 g/mol. The second-order valence-electron chi connectivity index (χ2n) is 5.90. The minimum absolute atomic E-state index is 0.361. The van der Waals surface area contributed by atoms with E-state index in [1.54, 1.807) is 0 Å². The van der Waals surface area contributed by atoms with Gasteiger partial charge in [0, 0.05) is 29.6 Å². The number of likely N-dealkylation sites (tertiary alicyclic amines) is 1. The Morgan fingerprint density at radius 1 is 0.917 bits per heavy atom. The number of nitrogens with one attached hydrogen (secondary N) is 1. The molecule has 3 nitrogen and oxygen atoms in total. The lowest BCUT2D eigenvalue weighted by molar-refractivity contribution is 0.267. The molecule has 3 heterocycles. The third kappa shape index (κ3) is 3.05. The third-order valence-corrected chi connectivity index (χ3v) is 5.00. The number of hydrogen-bond donors (Lipinski definition) is 1. The van der Waals surface area contributed by atoms with Crippen molar-refractivity contribution >= 4 is 5.82 Å². The molecule has 2 aromatic rings. The first-order valence-electron chi connectivity index (χ1n) is 9.25. The second kappa shape index (κ2) is 8.29. The van der Waals surface area contributed by atoms with E-state index in [0.29, 0.717) is 24.0 Å². The zero-order valence-electron chi connectivity index (χ0n) is 15.8. The maximum absolute atomic E-state index is 4.49. The number of nitrogens with zero attached hydrogens (tertiary/aromatic N) is 2. The Morgan fingerprint density at radius 2 is 1.58 bits per heavy atom. The summed E-state index contributed by atoms with van der Waals surface area (Å²) in [5.41, 5.74) is 2.79. The van der Waals surface area contributed by atoms with Gasteiger partial charge >= 0.3 is 0 Å². The zero-order chi connectivity index (χ0) is 17.7. The van der Waals surface area contributed by atoms with Gasteiger partial charge in [-0.25, -0.2) is 4.98 Å². The van der Waals surface area contributed by atoms with Crippen molar-refractivity contribution in [2.75, 3.05) is 12.4 Å². The number of fused-ring (bicyclic) bond motifs is 3. The van der Waals surface area contributed by atoms with Gasteiger partial charge in [0.25, 0.3) is 0 Å². The van der Waals surface area contributed by atoms with Crippen molar-refractivity contribution in [3.63, 3.8) is 0 Å². The molecule has 0 spiro atoms. The molecule has 2 aliphatic heterocycles. The first-order chi connectivity index (χ1) is 11.8. The van der Waals surface area contributed by atoms with Crippen LogP contribution >= 0.6 is 0 Å². The summed E-state index contributed by atoms with van der Waals surface area (Å²) in [6.07, 6.45) is 2.23. The summed E-state index contributed by atoms with van der Waals surface area (Å²) >= 11 is 0. The van der Waals surface area contributed by atoms with Crippen molar-refractivity contribution < 1.29 is 0 Å². The van der Waals surface area contributed by atoms with Gasteiger partial charge in [-0.3, -0.25) is 4.90 Å². The van der Waals surface area contributed by atoms with E-state index >= 15 is 0 Å². The van der Waals surface area contributed by atoms with E-state index in [2.05, 4.69) is 65.6 Å². The maximum Gasteiger partial charge on any atom is 0.130 e. The highest BCUT2D eigenvalue weighted by atomic mass is 15.3. The molecule has 1 saturated heterocycles. The maximum atomic E-state index is 4.49. The molecular weight excluding hydrogens is 294 g/mol. The molecule has 1 aromatic carbocycles. The van der Waals surface area contributed by atoms with Crippen LogP contribution in [0.1, 0.15) is 57.6 Å². The van der Waals surface area contributed by atoms with Crippen molar-refractivity contribution in [3.8, 4) is 0 Å². The third-order valence-electron chi connectivity index (χ3n) is 5.00. The Labute approximate surface area is 147 Å². The summed E-state index contributed by atoms with van der Waals surface area (Å²) in [6, 6.07) is 15.7. The Hall–Kier alpha value is -1.87. The van der Waals surface area contributed by atoms with E-state index in [1.807, 2.05) is 40.0 Å². The van der Waals surface area contributed by atoms with Crippen LogP contribution in [-0.2, 0) is 0 Å². The molecule has 0 bridgehead atoms. The van der Waals surface area contributed by atoms with Crippen molar-refractivity contribution in [2.24, 2.45) is 0 Å². The van der Waals surface area contributed by atoms with E-state index in [0.717, 1.165) is 5.82 Å². The molecule has 130 valence electrons. The summed E-state index contributed by atoms with van der Waals surface area (Å²) in [7, 11) is 2.21. The second-order valence-corrected chi connectivity index (χ2v) is 5.90. The highest BCUT2D eigenvalue weighted by molar-refractivity contribution is 5.56. The van der Waals surface area contributed by atoms with E-state index < -0.39 is 0 Å². The molecule has 3 heteroatoms. The number of benzene rings is 1. The minimum atomic E-state index is 0.361. The SMILES string of the molecule is CC.CC.CC1C(c2ccccc2)C2c3cccnc3NC2N1C. The van der Waals surface area contributed by atoms with Crippen molar-refractivity contribution in [2.45, 2.75) is 58.7 Å². The summed E-state index contributed by atoms with van der Waals surface area (Å²) < 4.78 is 0. The van der Waals surface area contributed by atoms with E-state index in [-0.39, 0.29) is 0 Å². The van der Waals surface area contributed by atoms with Gasteiger partial charge in [0.15, 0.2) is 0 Å². The summed E-state index contributed by atoms with van der Waals surface area (Å²) in [5, 5.41) is 3.59. The highest BCUT2D eigenvalue weighted by Gasteiger charge is 2.50. The van der Waals surface area contributed by atoms with Gasteiger partial charge in [-0.05, 0) is 25.6 Å². The van der Waals surface area contributed by atoms with Crippen LogP contribution in [0.15, 0.2) is 48.7 Å². The van der Waals surface area contributed by atoms with Crippen molar-refractivity contribution in [3.05, 3.63) is 59.8 Å². The van der Waals surface area contributed by atoms with Crippen LogP contribution in [0.4, 0.5) is 5.82 Å². The fourth-order valence-corrected chi connectivity index (χ4v) is 3.92. The Bertz CT molecular complexity index is 626. The Kier molecular flexibility index (Phi) is 6.38. The average molecular weight is 326 g/mol. The molecule has 4 rings (SSSR count). The van der Waals surface area contributed by atoms with Gasteiger partial charge in [-0.1, -0.05) is 64.1 Å². The van der Waals surface area contributed by atoms with Gasteiger partial charge in [0.05, 0.1) is 6.17 Å². The molecule has 1 fully saturated rings. The van der Waals surface area contributed by atoms with Crippen LogP contribution in [0, 0.1) is 0 Å². The number of anilines is 1. The van der Waals surface area contributed by atoms with Crippen LogP contribution in [0.3, 0.4) is 0 Å². The van der Waals surface area contributed by atoms with Crippen LogP contribution in [0.5, 0.6) is 0 Å². The molecule has 2 aliphatic rings. The van der Waals surface area contributed by atoms with E-state index in [9.17, 15) is 0 Å². The summed E-state index contributed by atoms with van der Waals surface area (Å²) in [4.78, 5) is 6.94. The molecule has 4 unspecified atom stereocenters. The lowest BCUT2D eigenvalue weighted by Gasteiger charge is -2.24. The molecular formula is C21H31N3. The number of rotatable bonds is 1. The largest absolute Gasteiger partial charge is 0.354 e. The van der Waals surface area contributed by atoms with E-state index in [1.165, 1.54) is 11.1 Å². The number of aromatic nitrogens is 1. The fraction of sp³-hybridized carbons (Fsp3) is 0.476. The summed E-state index contributed by atoms with van der Waals surface area (Å²) in [6.45, 7) is 10.3. The normalized spacial score (nSPS) is 26.9. The molecule has 1 N–H and O–H groups in total. The van der Waals surface area contributed by atoms with Crippen LogP contribution < -0.4 is 5.32 Å². The van der Waals surface area contributed by atoms with E-state index in [4.69, 9.17) is 0 Å². The Balaban J connectivity index is 0.000000487. The average Bonchev–Trinajstić information content (AvgIpc) is 3.15. The fourth-order valence-electron chi connectivity index (χ4n) is 3.92. The molecule has 0 saturated carbocycles. The number of likely N-dealkylation sites (N-methyl/N-ethyl adjacent to an activating group) is 1. The highest BCUT2D eigenvalue weighted by Crippen LogP contribution is 2.52. The van der Waals surface area contributed by atoms with Gasteiger partial charge < -0.3 is 5.32 Å². The standard InChI is InChI=1S/C17H19N3.2C2H6/c1-11-14(12-7-4-3-5-8-12)15-13-9-6-10-18-16(13)19-17(15)20(11)2;2*1-2/h3-11,14-15,17H,1-2H3,(H,18,19);2*1-2H3. The first-order valence-corrected chi connectivity index (χ1v) is 9.25. The number of pyridine rings is 1.